The minimum absolute atomic E-state index is 0. The lowest BCUT2D eigenvalue weighted by molar-refractivity contribution is 0.141. The van der Waals surface area contributed by atoms with Crippen molar-refractivity contribution in [2.45, 2.75) is 5.92 Å². The standard InChI is InChI=1S/C11H15NO.ClH/c1-2-4-10(5-3-1)11-8-12-6-7-13-9-11;/h1-5,11-12H,6-9H2;1H. The van der Waals surface area contributed by atoms with E-state index in [2.05, 4.69) is 35.6 Å². The summed E-state index contributed by atoms with van der Waals surface area (Å²) >= 11 is 0. The molecule has 0 saturated carbocycles. The molecule has 0 bridgehead atoms. The van der Waals surface area contributed by atoms with Gasteiger partial charge in [0.05, 0.1) is 13.2 Å². The normalized spacial score (nSPS) is 22.1. The van der Waals surface area contributed by atoms with Gasteiger partial charge in [0.1, 0.15) is 0 Å². The minimum atomic E-state index is 0. The molecule has 0 spiro atoms. The van der Waals surface area contributed by atoms with Crippen LogP contribution in [0, 0.1) is 0 Å². The quantitative estimate of drug-likeness (QED) is 0.769. The number of hydrogen-bond acceptors (Lipinski definition) is 2. The lowest BCUT2D eigenvalue weighted by Gasteiger charge is -2.13. The van der Waals surface area contributed by atoms with Gasteiger partial charge in [-0.05, 0) is 5.56 Å². The lowest BCUT2D eigenvalue weighted by atomic mass is 10.0. The Kier molecular flexibility index (Phi) is 4.94. The molecule has 1 unspecified atom stereocenters. The molecule has 0 aliphatic carbocycles. The first-order valence-corrected chi connectivity index (χ1v) is 4.80. The lowest BCUT2D eigenvalue weighted by Crippen LogP contribution is -2.21. The molecule has 1 heterocycles. The van der Waals surface area contributed by atoms with Gasteiger partial charge in [-0.1, -0.05) is 30.3 Å². The van der Waals surface area contributed by atoms with Gasteiger partial charge >= 0.3 is 0 Å². The third-order valence-corrected chi connectivity index (χ3v) is 2.40. The molecule has 78 valence electrons. The molecule has 1 aromatic rings. The Bertz CT molecular complexity index is 245. The predicted molar refractivity (Wildman–Crippen MR) is 60.1 cm³/mol. The highest BCUT2D eigenvalue weighted by Gasteiger charge is 2.13. The number of rotatable bonds is 1. The minimum Gasteiger partial charge on any atom is -0.379 e. The molecule has 1 aliphatic heterocycles. The van der Waals surface area contributed by atoms with Crippen LogP contribution in [0.25, 0.3) is 0 Å². The summed E-state index contributed by atoms with van der Waals surface area (Å²) in [5.74, 6) is 0.517. The Balaban J connectivity index is 0.000000980. The van der Waals surface area contributed by atoms with E-state index in [1.54, 1.807) is 0 Å². The van der Waals surface area contributed by atoms with E-state index in [0.717, 1.165) is 26.3 Å². The van der Waals surface area contributed by atoms with Crippen molar-refractivity contribution in [3.63, 3.8) is 0 Å². The largest absolute Gasteiger partial charge is 0.379 e. The summed E-state index contributed by atoms with van der Waals surface area (Å²) in [7, 11) is 0. The first kappa shape index (κ1) is 11.5. The molecular formula is C11H16ClNO. The van der Waals surface area contributed by atoms with Gasteiger partial charge in [-0.25, -0.2) is 0 Å². The number of ether oxygens (including phenoxy) is 1. The van der Waals surface area contributed by atoms with Crippen LogP contribution in [0.5, 0.6) is 0 Å². The number of hydrogen-bond donors (Lipinski definition) is 1. The van der Waals surface area contributed by atoms with Crippen LogP contribution in [0.4, 0.5) is 0 Å². The van der Waals surface area contributed by atoms with Gasteiger partial charge in [-0.2, -0.15) is 0 Å². The van der Waals surface area contributed by atoms with Gasteiger partial charge in [-0.3, -0.25) is 0 Å². The molecule has 0 aromatic heterocycles. The maximum Gasteiger partial charge on any atom is 0.0591 e. The van der Waals surface area contributed by atoms with Crippen molar-refractivity contribution < 1.29 is 4.74 Å². The molecule has 0 radical (unpaired) electrons. The van der Waals surface area contributed by atoms with Crippen molar-refractivity contribution in [3.05, 3.63) is 35.9 Å². The average molecular weight is 214 g/mol. The maximum atomic E-state index is 5.50. The molecule has 1 atom stereocenters. The third-order valence-electron chi connectivity index (χ3n) is 2.40. The van der Waals surface area contributed by atoms with Crippen LogP contribution in [0.1, 0.15) is 11.5 Å². The van der Waals surface area contributed by atoms with Crippen molar-refractivity contribution in [2.24, 2.45) is 0 Å². The maximum absolute atomic E-state index is 5.50. The third kappa shape index (κ3) is 2.98. The van der Waals surface area contributed by atoms with Crippen LogP contribution in [0.3, 0.4) is 0 Å². The molecule has 1 N–H and O–H groups in total. The van der Waals surface area contributed by atoms with E-state index in [1.165, 1.54) is 5.56 Å². The summed E-state index contributed by atoms with van der Waals surface area (Å²) < 4.78 is 5.50. The van der Waals surface area contributed by atoms with Gasteiger partial charge in [0, 0.05) is 19.0 Å². The number of benzene rings is 1. The fraction of sp³-hybridized carbons (Fsp3) is 0.455. The molecule has 2 nitrogen and oxygen atoms in total. The molecule has 14 heavy (non-hydrogen) atoms. The highest BCUT2D eigenvalue weighted by molar-refractivity contribution is 5.85. The van der Waals surface area contributed by atoms with Gasteiger partial charge in [0.2, 0.25) is 0 Å². The summed E-state index contributed by atoms with van der Waals surface area (Å²) in [5, 5.41) is 3.37. The Morgan fingerprint density at radius 3 is 2.79 bits per heavy atom. The van der Waals surface area contributed by atoms with Crippen molar-refractivity contribution in [3.8, 4) is 0 Å². The highest BCUT2D eigenvalue weighted by atomic mass is 35.5. The zero-order valence-corrected chi connectivity index (χ0v) is 8.93. The first-order valence-electron chi connectivity index (χ1n) is 4.80. The SMILES string of the molecule is Cl.c1ccc(C2CNCCOC2)cc1. The monoisotopic (exact) mass is 213 g/mol. The number of halogens is 1. The second-order valence-electron chi connectivity index (χ2n) is 3.39. The van der Waals surface area contributed by atoms with E-state index in [0.29, 0.717) is 5.92 Å². The van der Waals surface area contributed by atoms with Crippen LogP contribution in [0.15, 0.2) is 30.3 Å². The molecule has 1 aliphatic rings. The average Bonchev–Trinajstić information content (AvgIpc) is 2.47. The van der Waals surface area contributed by atoms with E-state index < -0.39 is 0 Å². The molecular weight excluding hydrogens is 198 g/mol. The van der Waals surface area contributed by atoms with E-state index >= 15 is 0 Å². The molecule has 3 heteroatoms. The van der Waals surface area contributed by atoms with Gasteiger partial charge < -0.3 is 10.1 Å². The van der Waals surface area contributed by atoms with Crippen LogP contribution in [-0.4, -0.2) is 26.3 Å². The molecule has 1 aromatic carbocycles. The molecule has 2 rings (SSSR count). The molecule has 1 fully saturated rings. The van der Waals surface area contributed by atoms with Crippen LogP contribution in [0.2, 0.25) is 0 Å². The van der Waals surface area contributed by atoms with Crippen molar-refractivity contribution >= 4 is 12.4 Å². The Morgan fingerprint density at radius 2 is 2.00 bits per heavy atom. The summed E-state index contributed by atoms with van der Waals surface area (Å²) in [5.41, 5.74) is 1.37. The van der Waals surface area contributed by atoms with Crippen LogP contribution < -0.4 is 5.32 Å². The van der Waals surface area contributed by atoms with E-state index in [-0.39, 0.29) is 12.4 Å². The van der Waals surface area contributed by atoms with Crippen molar-refractivity contribution in [1.82, 2.24) is 5.32 Å². The zero-order valence-electron chi connectivity index (χ0n) is 8.11. The van der Waals surface area contributed by atoms with Crippen LogP contribution in [-0.2, 0) is 4.74 Å². The second-order valence-corrected chi connectivity index (χ2v) is 3.39. The molecule has 1 saturated heterocycles. The summed E-state index contributed by atoms with van der Waals surface area (Å²) in [6.07, 6.45) is 0. The van der Waals surface area contributed by atoms with Gasteiger partial charge in [0.15, 0.2) is 0 Å². The Morgan fingerprint density at radius 1 is 1.21 bits per heavy atom. The zero-order chi connectivity index (χ0) is 8.93. The Hall–Kier alpha value is -0.570. The van der Waals surface area contributed by atoms with E-state index in [4.69, 9.17) is 4.74 Å². The summed E-state index contributed by atoms with van der Waals surface area (Å²) in [4.78, 5) is 0. The Labute approximate surface area is 91.1 Å². The predicted octanol–water partition coefficient (Wildman–Crippen LogP) is 1.81. The topological polar surface area (TPSA) is 21.3 Å². The van der Waals surface area contributed by atoms with Crippen molar-refractivity contribution in [1.29, 1.82) is 0 Å². The summed E-state index contributed by atoms with van der Waals surface area (Å²) in [6, 6.07) is 10.6. The van der Waals surface area contributed by atoms with Gasteiger partial charge in [-0.15, -0.1) is 12.4 Å². The smallest absolute Gasteiger partial charge is 0.0591 e. The fourth-order valence-electron chi connectivity index (χ4n) is 1.64. The fourth-order valence-corrected chi connectivity index (χ4v) is 1.64. The number of nitrogens with one attached hydrogen (secondary N) is 1. The second kappa shape index (κ2) is 6.02. The van der Waals surface area contributed by atoms with E-state index in [1.807, 2.05) is 0 Å². The van der Waals surface area contributed by atoms with E-state index in [9.17, 15) is 0 Å². The van der Waals surface area contributed by atoms with Crippen LogP contribution >= 0.6 is 12.4 Å². The highest BCUT2D eigenvalue weighted by Crippen LogP contribution is 2.15. The first-order chi connectivity index (χ1) is 6.47. The van der Waals surface area contributed by atoms with Gasteiger partial charge in [0.25, 0.3) is 0 Å². The summed E-state index contributed by atoms with van der Waals surface area (Å²) in [6.45, 7) is 3.69. The molecule has 0 amide bonds. The van der Waals surface area contributed by atoms with Crippen molar-refractivity contribution in [2.75, 3.05) is 26.3 Å².